The lowest BCUT2D eigenvalue weighted by Gasteiger charge is -2.34. The average Bonchev–Trinajstić information content (AvgIpc) is 2.93. The number of carbonyl (C=O) groups excluding carboxylic acids is 4. The van der Waals surface area contributed by atoms with E-state index in [0.29, 0.717) is 25.0 Å². The Kier molecular flexibility index (Phi) is 10.5. The third kappa shape index (κ3) is 8.62. The van der Waals surface area contributed by atoms with Gasteiger partial charge in [0.25, 0.3) is 11.8 Å². The molecule has 11 nitrogen and oxygen atoms in total. The minimum absolute atomic E-state index is 0.00313. The highest BCUT2D eigenvalue weighted by molar-refractivity contribution is 5.99. The molecule has 3 rings (SSSR count). The summed E-state index contributed by atoms with van der Waals surface area (Å²) in [5.74, 6) is -1.54. The first-order valence-electron chi connectivity index (χ1n) is 14.0. The van der Waals surface area contributed by atoms with E-state index >= 15 is 0 Å². The lowest BCUT2D eigenvalue weighted by Crippen LogP contribution is -2.59. The molecule has 0 bridgehead atoms. The molecule has 1 aliphatic heterocycles. The molecule has 1 aliphatic rings. The molecule has 1 saturated heterocycles. The normalized spacial score (nSPS) is 16.5. The number of nitrogens with zero attached hydrogens (tertiary/aromatic N) is 2. The highest BCUT2D eigenvalue weighted by atomic mass is 16.6. The van der Waals surface area contributed by atoms with E-state index in [9.17, 15) is 19.2 Å². The number of amides is 3. The molecule has 42 heavy (non-hydrogen) atoms. The topological polar surface area (TPSA) is 139 Å². The average molecular weight is 580 g/mol. The van der Waals surface area contributed by atoms with Crippen molar-refractivity contribution in [3.63, 3.8) is 0 Å². The molecule has 0 unspecified atom stereocenters. The van der Waals surface area contributed by atoms with E-state index in [4.69, 9.17) is 9.47 Å². The van der Waals surface area contributed by atoms with Crippen LogP contribution in [0, 0.1) is 0 Å². The predicted octanol–water partition coefficient (Wildman–Crippen LogP) is 4.30. The number of esters is 1. The number of hydrogen-bond acceptors (Lipinski definition) is 8. The fourth-order valence-corrected chi connectivity index (χ4v) is 4.36. The van der Waals surface area contributed by atoms with Gasteiger partial charge in [-0.05, 0) is 96.0 Å². The molecular weight excluding hydrogens is 538 g/mol. The second-order valence-electron chi connectivity index (χ2n) is 11.5. The van der Waals surface area contributed by atoms with Gasteiger partial charge in [-0.1, -0.05) is 18.7 Å². The van der Waals surface area contributed by atoms with Crippen LogP contribution in [0.4, 0.5) is 4.79 Å². The van der Waals surface area contributed by atoms with Gasteiger partial charge in [-0.25, -0.2) is 10.2 Å². The van der Waals surface area contributed by atoms with Crippen molar-refractivity contribution in [2.75, 3.05) is 6.54 Å². The molecule has 3 atom stereocenters. The Morgan fingerprint density at radius 3 is 2.50 bits per heavy atom. The number of fused-ring (bicyclic) bond motifs is 1. The molecule has 0 radical (unpaired) electrons. The van der Waals surface area contributed by atoms with Gasteiger partial charge in [-0.3, -0.25) is 29.7 Å². The minimum Gasteiger partial charge on any atom is -0.457 e. The number of hydrazine groups is 1. The number of benzene rings is 1. The van der Waals surface area contributed by atoms with Gasteiger partial charge >= 0.3 is 12.1 Å². The summed E-state index contributed by atoms with van der Waals surface area (Å²) in [5.41, 5.74) is 4.33. The fraction of sp³-hybridized carbons (Fsp3) is 0.452. The number of alkyl carbamates (subject to hydrolysis) is 1. The van der Waals surface area contributed by atoms with Crippen LogP contribution in [0.1, 0.15) is 78.7 Å². The number of rotatable bonds is 8. The second-order valence-corrected chi connectivity index (χ2v) is 11.5. The Morgan fingerprint density at radius 2 is 1.86 bits per heavy atom. The third-order valence-corrected chi connectivity index (χ3v) is 6.55. The number of carbonyl (C=O) groups is 4. The van der Waals surface area contributed by atoms with Crippen molar-refractivity contribution in [1.82, 2.24) is 26.1 Å². The number of pyridine rings is 1. The molecule has 226 valence electrons. The highest BCUT2D eigenvalue weighted by Gasteiger charge is 2.33. The second kappa shape index (κ2) is 13.6. The molecule has 3 N–H and O–H groups in total. The zero-order valence-corrected chi connectivity index (χ0v) is 25.4. The predicted molar refractivity (Wildman–Crippen MR) is 160 cm³/mol. The number of allylic oxidation sites excluding steroid dienone is 1. The van der Waals surface area contributed by atoms with Crippen LogP contribution in [0.25, 0.3) is 16.8 Å². The molecule has 1 fully saturated rings. The van der Waals surface area contributed by atoms with Crippen molar-refractivity contribution in [3.8, 4) is 0 Å². The Balaban J connectivity index is 1.59. The van der Waals surface area contributed by atoms with Gasteiger partial charge in [0.05, 0.1) is 5.69 Å². The van der Waals surface area contributed by atoms with E-state index in [2.05, 4.69) is 27.6 Å². The van der Waals surface area contributed by atoms with E-state index < -0.39 is 47.7 Å². The smallest absolute Gasteiger partial charge is 0.412 e. The van der Waals surface area contributed by atoms with Crippen LogP contribution in [0.15, 0.2) is 48.3 Å². The number of nitrogens with one attached hydrogen (secondary N) is 3. The summed E-state index contributed by atoms with van der Waals surface area (Å²) in [4.78, 5) is 55.7. The van der Waals surface area contributed by atoms with Crippen molar-refractivity contribution in [2.24, 2.45) is 0 Å². The molecule has 2 heterocycles. The molecule has 1 aromatic carbocycles. The Bertz CT molecular complexity index is 1390. The summed E-state index contributed by atoms with van der Waals surface area (Å²) in [6.45, 7) is 15.9. The molecule has 3 amide bonds. The van der Waals surface area contributed by atoms with Gasteiger partial charge in [-0.15, -0.1) is 0 Å². The molecule has 2 aromatic rings. The number of aromatic nitrogens is 1. The van der Waals surface area contributed by atoms with Gasteiger partial charge in [0, 0.05) is 18.1 Å². The fourth-order valence-electron chi connectivity index (χ4n) is 4.36. The van der Waals surface area contributed by atoms with E-state index in [1.165, 1.54) is 11.9 Å². The molecule has 1 aromatic heterocycles. The Labute approximate surface area is 246 Å². The van der Waals surface area contributed by atoms with Crippen LogP contribution < -0.4 is 16.1 Å². The van der Waals surface area contributed by atoms with Crippen LogP contribution in [-0.2, 0) is 23.9 Å². The van der Waals surface area contributed by atoms with E-state index in [1.54, 1.807) is 53.8 Å². The maximum Gasteiger partial charge on any atom is 0.412 e. The lowest BCUT2D eigenvalue weighted by molar-refractivity contribution is -0.156. The van der Waals surface area contributed by atoms with Gasteiger partial charge in [0.15, 0.2) is 0 Å². The van der Waals surface area contributed by atoms with Gasteiger partial charge in [-0.2, -0.15) is 0 Å². The molecule has 0 saturated carbocycles. The van der Waals surface area contributed by atoms with Crippen molar-refractivity contribution in [2.45, 2.75) is 85.1 Å². The van der Waals surface area contributed by atoms with E-state index in [0.717, 1.165) is 22.0 Å². The molecular formula is C31H41N5O6. The summed E-state index contributed by atoms with van der Waals surface area (Å²) < 4.78 is 11.0. The van der Waals surface area contributed by atoms with Gasteiger partial charge in [0.2, 0.25) is 0 Å². The minimum atomic E-state index is -0.943. The first-order chi connectivity index (χ1) is 19.7. The summed E-state index contributed by atoms with van der Waals surface area (Å²) in [5, 5.41) is 8.33. The van der Waals surface area contributed by atoms with E-state index in [1.807, 2.05) is 24.3 Å². The third-order valence-electron chi connectivity index (χ3n) is 6.55. The van der Waals surface area contributed by atoms with Crippen LogP contribution >= 0.6 is 0 Å². The van der Waals surface area contributed by atoms with Crippen molar-refractivity contribution < 1.29 is 28.7 Å². The van der Waals surface area contributed by atoms with Crippen molar-refractivity contribution in [1.29, 1.82) is 0 Å². The number of hydrogen-bond donors (Lipinski definition) is 3. The summed E-state index contributed by atoms with van der Waals surface area (Å²) in [6, 6.07) is 6.01. The van der Waals surface area contributed by atoms with Crippen molar-refractivity contribution in [3.05, 3.63) is 59.6 Å². The molecule has 0 aliphatic carbocycles. The SMILES string of the molecule is C=Cc1cc2cc([C@@H](C)OC(=O)[C@@H]3CCCN(C(=O)[C@H](C)NC(=O)C(NC(=O)OC(C)(C)C)=C(C)C)N3)ccc2cn1. The zero-order chi connectivity index (χ0) is 31.2. The first kappa shape index (κ1) is 32.3. The maximum atomic E-state index is 13.2. The molecule has 11 heteroatoms. The standard InChI is InChI=1S/C31H41N5O6/c1-9-24-16-23-15-21(12-13-22(23)17-32-24)20(5)41-29(39)25-11-10-14-36(35-25)28(38)19(4)33-27(37)26(18(2)3)34-30(40)42-31(6,7)8/h9,12-13,15-17,19-20,25,35H,1,10-11,14H2,2-8H3,(H,33,37)(H,34,40)/t19-,20+,25-/m0/s1. The van der Waals surface area contributed by atoms with Gasteiger partial charge in [0.1, 0.15) is 29.5 Å². The van der Waals surface area contributed by atoms with Crippen LogP contribution in [0.3, 0.4) is 0 Å². The van der Waals surface area contributed by atoms with Crippen molar-refractivity contribution >= 4 is 40.7 Å². The van der Waals surface area contributed by atoms with Gasteiger partial charge < -0.3 is 14.8 Å². The Hall–Kier alpha value is -4.25. The first-order valence-corrected chi connectivity index (χ1v) is 14.0. The monoisotopic (exact) mass is 579 g/mol. The zero-order valence-electron chi connectivity index (χ0n) is 25.4. The highest BCUT2D eigenvalue weighted by Crippen LogP contribution is 2.24. The maximum absolute atomic E-state index is 13.2. The lowest BCUT2D eigenvalue weighted by atomic mass is 10.0. The quantitative estimate of drug-likeness (QED) is 0.311. The summed E-state index contributed by atoms with van der Waals surface area (Å²) in [6.07, 6.45) is 3.21. The summed E-state index contributed by atoms with van der Waals surface area (Å²) >= 11 is 0. The largest absolute Gasteiger partial charge is 0.457 e. The van der Waals surface area contributed by atoms with Crippen LogP contribution in [-0.4, -0.2) is 58.1 Å². The Morgan fingerprint density at radius 1 is 1.14 bits per heavy atom. The van der Waals surface area contributed by atoms with Crippen LogP contribution in [0.2, 0.25) is 0 Å². The van der Waals surface area contributed by atoms with E-state index in [-0.39, 0.29) is 5.70 Å². The molecule has 0 spiro atoms. The number of ether oxygens (including phenoxy) is 2. The summed E-state index contributed by atoms with van der Waals surface area (Å²) in [7, 11) is 0. The van der Waals surface area contributed by atoms with Crippen LogP contribution in [0.5, 0.6) is 0 Å².